The second kappa shape index (κ2) is 7.47. The third kappa shape index (κ3) is 3.27. The maximum atomic E-state index is 12.8. The molecule has 0 aliphatic rings. The molecule has 1 aromatic heterocycles. The molecule has 0 bridgehead atoms. The van der Waals surface area contributed by atoms with Crippen LogP contribution in [0.5, 0.6) is 0 Å². The van der Waals surface area contributed by atoms with E-state index in [0.29, 0.717) is 29.8 Å². The monoisotopic (exact) mass is 331 g/mol. The van der Waals surface area contributed by atoms with E-state index in [4.69, 9.17) is 0 Å². The van der Waals surface area contributed by atoms with Gasteiger partial charge in [-0.2, -0.15) is 0 Å². The number of nitrogens with zero attached hydrogens (tertiary/aromatic N) is 2. The molecule has 0 aliphatic heterocycles. The van der Waals surface area contributed by atoms with Crippen molar-refractivity contribution in [2.75, 3.05) is 6.54 Å². The zero-order valence-electron chi connectivity index (χ0n) is 14.7. The SMILES string of the molecule is CC[C@@H](C(=O)NCC(C)C)n1c(=O)n(CC)c(=O)c2ccccc21. The zero-order chi connectivity index (χ0) is 17.9. The van der Waals surface area contributed by atoms with E-state index in [1.165, 1.54) is 9.13 Å². The summed E-state index contributed by atoms with van der Waals surface area (Å²) in [5.41, 5.74) is -0.247. The van der Waals surface area contributed by atoms with Gasteiger partial charge in [0, 0.05) is 13.1 Å². The fourth-order valence-corrected chi connectivity index (χ4v) is 2.82. The molecular weight excluding hydrogens is 306 g/mol. The molecule has 0 saturated heterocycles. The Balaban J connectivity index is 2.67. The average molecular weight is 331 g/mol. The van der Waals surface area contributed by atoms with Crippen molar-refractivity contribution in [3.05, 3.63) is 45.1 Å². The van der Waals surface area contributed by atoms with Gasteiger partial charge in [0.1, 0.15) is 6.04 Å². The van der Waals surface area contributed by atoms with Crippen molar-refractivity contribution in [2.24, 2.45) is 5.92 Å². The van der Waals surface area contributed by atoms with Crippen LogP contribution in [0, 0.1) is 5.92 Å². The molecule has 0 saturated carbocycles. The summed E-state index contributed by atoms with van der Waals surface area (Å²) in [6.07, 6.45) is 0.468. The average Bonchev–Trinajstić information content (AvgIpc) is 2.57. The molecule has 1 amide bonds. The topological polar surface area (TPSA) is 73.1 Å². The lowest BCUT2D eigenvalue weighted by Gasteiger charge is -2.21. The Labute approximate surface area is 141 Å². The van der Waals surface area contributed by atoms with Gasteiger partial charge in [0.2, 0.25) is 5.91 Å². The summed E-state index contributed by atoms with van der Waals surface area (Å²) in [6, 6.07) is 6.31. The highest BCUT2D eigenvalue weighted by atomic mass is 16.2. The molecule has 0 fully saturated rings. The highest BCUT2D eigenvalue weighted by Crippen LogP contribution is 2.16. The van der Waals surface area contributed by atoms with Gasteiger partial charge in [-0.1, -0.05) is 32.9 Å². The summed E-state index contributed by atoms with van der Waals surface area (Å²) in [4.78, 5) is 37.9. The minimum absolute atomic E-state index is 0.195. The van der Waals surface area contributed by atoms with Gasteiger partial charge in [-0.3, -0.25) is 18.7 Å². The first-order valence-electron chi connectivity index (χ1n) is 8.44. The van der Waals surface area contributed by atoms with Crippen LogP contribution in [0.4, 0.5) is 0 Å². The number of para-hydroxylation sites is 1. The minimum atomic E-state index is -0.639. The van der Waals surface area contributed by atoms with Gasteiger partial charge in [-0.05, 0) is 31.4 Å². The Bertz CT molecular complexity index is 849. The zero-order valence-corrected chi connectivity index (χ0v) is 14.7. The molecule has 0 aliphatic carbocycles. The fraction of sp³-hybridized carbons (Fsp3) is 0.500. The highest BCUT2D eigenvalue weighted by Gasteiger charge is 2.24. The molecule has 24 heavy (non-hydrogen) atoms. The van der Waals surface area contributed by atoms with Crippen LogP contribution in [0.15, 0.2) is 33.9 Å². The predicted octanol–water partition coefficient (Wildman–Crippen LogP) is 1.91. The molecule has 2 rings (SSSR count). The molecule has 1 atom stereocenters. The summed E-state index contributed by atoms with van der Waals surface area (Å²) in [6.45, 7) is 8.46. The quantitative estimate of drug-likeness (QED) is 0.879. The Hall–Kier alpha value is -2.37. The molecule has 1 heterocycles. The Morgan fingerprint density at radius 3 is 2.42 bits per heavy atom. The number of hydrogen-bond donors (Lipinski definition) is 1. The number of aromatic nitrogens is 2. The normalized spacial score (nSPS) is 12.5. The van der Waals surface area contributed by atoms with E-state index in [1.807, 2.05) is 20.8 Å². The minimum Gasteiger partial charge on any atom is -0.354 e. The maximum absolute atomic E-state index is 12.8. The van der Waals surface area contributed by atoms with E-state index in [0.717, 1.165) is 0 Å². The molecule has 6 heteroatoms. The van der Waals surface area contributed by atoms with Crippen molar-refractivity contribution < 1.29 is 4.79 Å². The van der Waals surface area contributed by atoms with Crippen LogP contribution in [0.25, 0.3) is 10.9 Å². The first-order valence-corrected chi connectivity index (χ1v) is 8.44. The second-order valence-corrected chi connectivity index (χ2v) is 6.28. The number of carbonyl (C=O) groups is 1. The first-order chi connectivity index (χ1) is 11.4. The lowest BCUT2D eigenvalue weighted by molar-refractivity contribution is -0.124. The number of benzene rings is 1. The number of hydrogen-bond acceptors (Lipinski definition) is 3. The number of fused-ring (bicyclic) bond motifs is 1. The Kier molecular flexibility index (Phi) is 5.59. The largest absolute Gasteiger partial charge is 0.354 e. The molecule has 0 unspecified atom stereocenters. The van der Waals surface area contributed by atoms with Crippen molar-refractivity contribution in [3.63, 3.8) is 0 Å². The van der Waals surface area contributed by atoms with Crippen molar-refractivity contribution in [1.29, 1.82) is 0 Å². The van der Waals surface area contributed by atoms with Gasteiger partial charge in [-0.15, -0.1) is 0 Å². The van der Waals surface area contributed by atoms with Crippen molar-refractivity contribution in [1.82, 2.24) is 14.5 Å². The molecule has 130 valence electrons. The van der Waals surface area contributed by atoms with Gasteiger partial charge >= 0.3 is 5.69 Å². The molecule has 2 aromatic rings. The predicted molar refractivity (Wildman–Crippen MR) is 95.3 cm³/mol. The van der Waals surface area contributed by atoms with Gasteiger partial charge in [0.25, 0.3) is 5.56 Å². The number of amides is 1. The molecule has 0 spiro atoms. The van der Waals surface area contributed by atoms with Crippen molar-refractivity contribution in [3.8, 4) is 0 Å². The van der Waals surface area contributed by atoms with Crippen LogP contribution in [-0.2, 0) is 11.3 Å². The number of rotatable bonds is 6. The lowest BCUT2D eigenvalue weighted by Crippen LogP contribution is -2.45. The van der Waals surface area contributed by atoms with E-state index in [-0.39, 0.29) is 18.0 Å². The van der Waals surface area contributed by atoms with Crippen LogP contribution in [-0.4, -0.2) is 21.6 Å². The summed E-state index contributed by atoms with van der Waals surface area (Å²) < 4.78 is 2.64. The van der Waals surface area contributed by atoms with E-state index in [1.54, 1.807) is 31.2 Å². The van der Waals surface area contributed by atoms with Crippen molar-refractivity contribution >= 4 is 16.8 Å². The van der Waals surface area contributed by atoms with Gasteiger partial charge in [-0.25, -0.2) is 4.79 Å². The highest BCUT2D eigenvalue weighted by molar-refractivity contribution is 5.84. The maximum Gasteiger partial charge on any atom is 0.332 e. The standard InChI is InChI=1S/C18H25N3O3/c1-5-14(16(22)19-11-12(3)4)21-15-10-8-7-9-13(15)17(23)20(6-2)18(21)24/h7-10,12,14H,5-6,11H2,1-4H3,(H,19,22)/t14-/m0/s1. The van der Waals surface area contributed by atoms with Crippen LogP contribution >= 0.6 is 0 Å². The molecule has 6 nitrogen and oxygen atoms in total. The van der Waals surface area contributed by atoms with Crippen LogP contribution < -0.4 is 16.6 Å². The first kappa shape index (κ1) is 18.0. The second-order valence-electron chi connectivity index (χ2n) is 6.28. The summed E-state index contributed by atoms with van der Waals surface area (Å²) in [5, 5.41) is 3.34. The fourth-order valence-electron chi connectivity index (χ4n) is 2.82. The number of nitrogens with one attached hydrogen (secondary N) is 1. The molecule has 1 N–H and O–H groups in total. The lowest BCUT2D eigenvalue weighted by atomic mass is 10.1. The van der Waals surface area contributed by atoms with Crippen LogP contribution in [0.2, 0.25) is 0 Å². The summed E-state index contributed by atoms with van der Waals surface area (Å²) in [7, 11) is 0. The smallest absolute Gasteiger partial charge is 0.332 e. The summed E-state index contributed by atoms with van der Waals surface area (Å²) >= 11 is 0. The Morgan fingerprint density at radius 1 is 1.17 bits per heavy atom. The molecule has 1 aromatic carbocycles. The van der Waals surface area contributed by atoms with Gasteiger partial charge in [0.15, 0.2) is 0 Å². The van der Waals surface area contributed by atoms with Crippen molar-refractivity contribution in [2.45, 2.75) is 46.7 Å². The van der Waals surface area contributed by atoms with Crippen LogP contribution in [0.1, 0.15) is 40.2 Å². The number of carbonyl (C=O) groups excluding carboxylic acids is 1. The van der Waals surface area contributed by atoms with E-state index >= 15 is 0 Å². The summed E-state index contributed by atoms with van der Waals surface area (Å²) in [5.74, 6) is 0.129. The molecule has 0 radical (unpaired) electrons. The Morgan fingerprint density at radius 2 is 1.83 bits per heavy atom. The van der Waals surface area contributed by atoms with Gasteiger partial charge in [0.05, 0.1) is 10.9 Å². The van der Waals surface area contributed by atoms with Crippen LogP contribution in [0.3, 0.4) is 0 Å². The van der Waals surface area contributed by atoms with E-state index in [9.17, 15) is 14.4 Å². The van der Waals surface area contributed by atoms with Gasteiger partial charge < -0.3 is 5.32 Å². The third-order valence-electron chi connectivity index (χ3n) is 4.08. The van der Waals surface area contributed by atoms with E-state index < -0.39 is 11.7 Å². The van der Waals surface area contributed by atoms with E-state index in [2.05, 4.69) is 5.32 Å². The molecular formula is C18H25N3O3. The third-order valence-corrected chi connectivity index (χ3v) is 4.08.